The van der Waals surface area contributed by atoms with Crippen molar-refractivity contribution in [2.45, 2.75) is 25.0 Å². The number of hydrogen-bond donors (Lipinski definition) is 2. The first-order valence-corrected chi connectivity index (χ1v) is 2.24. The maximum atomic E-state index is 8.59. The Morgan fingerprint density at radius 3 is 1.86 bits per heavy atom. The molecule has 0 amide bonds. The minimum atomic E-state index is -0.190. The van der Waals surface area contributed by atoms with Gasteiger partial charge in [-0.25, -0.2) is 0 Å². The average Bonchev–Trinajstić information content (AvgIpc) is 1.61. The lowest BCUT2D eigenvalue weighted by Gasteiger charge is -2.27. The van der Waals surface area contributed by atoms with Crippen molar-refractivity contribution in [3.8, 4) is 0 Å². The lowest BCUT2D eigenvalue weighted by Crippen LogP contribution is -2.43. The van der Waals surface area contributed by atoms with Gasteiger partial charge >= 0.3 is 0 Å². The van der Waals surface area contributed by atoms with E-state index in [4.69, 9.17) is 10.8 Å². The lowest BCUT2D eigenvalue weighted by molar-refractivity contribution is 0.0693. The Hall–Kier alpha value is 0.210. The second-order valence-electron chi connectivity index (χ2n) is 1.81. The highest BCUT2D eigenvalue weighted by atomic mass is 35.5. The monoisotopic (exact) mass is 123 g/mol. The first-order valence-electron chi connectivity index (χ1n) is 2.24. The third-order valence-electron chi connectivity index (χ3n) is 1.29. The van der Waals surface area contributed by atoms with Gasteiger partial charge < -0.3 is 10.8 Å². The number of nitrogens with two attached hydrogens (primary N) is 1. The number of rotatable bonds is 0. The summed E-state index contributed by atoms with van der Waals surface area (Å²) in [5.74, 6) is 0. The van der Waals surface area contributed by atoms with Gasteiger partial charge in [0, 0.05) is 6.04 Å². The smallest absolute Gasteiger partial charge is 0.0691 e. The van der Waals surface area contributed by atoms with E-state index in [1.54, 1.807) is 0 Å². The summed E-state index contributed by atoms with van der Waals surface area (Å²) in [6, 6.07) is 0.0880. The fraction of sp³-hybridized carbons (Fsp3) is 1.00. The van der Waals surface area contributed by atoms with Crippen LogP contribution >= 0.6 is 12.4 Å². The van der Waals surface area contributed by atoms with Gasteiger partial charge in [-0.2, -0.15) is 0 Å². The predicted molar refractivity (Wildman–Crippen MR) is 30.5 cm³/mol. The highest BCUT2D eigenvalue weighted by molar-refractivity contribution is 5.85. The molecule has 0 aromatic heterocycles. The van der Waals surface area contributed by atoms with Crippen LogP contribution in [-0.2, 0) is 0 Å². The van der Waals surface area contributed by atoms with E-state index in [1.807, 2.05) is 0 Å². The number of hydrogen-bond acceptors (Lipinski definition) is 2. The average molecular weight is 124 g/mol. The third-order valence-corrected chi connectivity index (χ3v) is 1.29. The fourth-order valence-corrected chi connectivity index (χ4v) is 0.508. The summed E-state index contributed by atoms with van der Waals surface area (Å²) in [6.45, 7) is 0. The van der Waals surface area contributed by atoms with Crippen LogP contribution in [0.25, 0.3) is 0 Å². The van der Waals surface area contributed by atoms with Crippen molar-refractivity contribution in [1.82, 2.24) is 0 Å². The molecule has 0 saturated heterocycles. The predicted octanol–water partition coefficient (Wildman–Crippen LogP) is -0.110. The van der Waals surface area contributed by atoms with E-state index >= 15 is 0 Å². The molecule has 3 N–H and O–H groups in total. The summed E-state index contributed by atoms with van der Waals surface area (Å²) >= 11 is 0. The van der Waals surface area contributed by atoms with E-state index in [9.17, 15) is 0 Å². The molecule has 7 heavy (non-hydrogen) atoms. The van der Waals surface area contributed by atoms with E-state index in [2.05, 4.69) is 0 Å². The SMILES string of the molecule is Cl.N[C@H]1CC[C@H]1O. The maximum Gasteiger partial charge on any atom is 0.0691 e. The fourth-order valence-electron chi connectivity index (χ4n) is 0.508. The van der Waals surface area contributed by atoms with Crippen molar-refractivity contribution >= 4 is 12.4 Å². The van der Waals surface area contributed by atoms with Crippen LogP contribution in [0.2, 0.25) is 0 Å². The Labute approximate surface area is 49.1 Å². The van der Waals surface area contributed by atoms with Gasteiger partial charge in [0.25, 0.3) is 0 Å². The van der Waals surface area contributed by atoms with Gasteiger partial charge in [-0.05, 0) is 12.8 Å². The number of aliphatic hydroxyl groups excluding tert-OH is 1. The molecule has 2 nitrogen and oxygen atoms in total. The van der Waals surface area contributed by atoms with E-state index in [0.29, 0.717) is 0 Å². The summed E-state index contributed by atoms with van der Waals surface area (Å²) in [7, 11) is 0. The van der Waals surface area contributed by atoms with E-state index < -0.39 is 0 Å². The van der Waals surface area contributed by atoms with Crippen molar-refractivity contribution in [3.63, 3.8) is 0 Å². The molecule has 0 aliphatic heterocycles. The molecule has 0 heterocycles. The summed E-state index contributed by atoms with van der Waals surface area (Å²) < 4.78 is 0. The zero-order chi connectivity index (χ0) is 4.57. The maximum absolute atomic E-state index is 8.59. The molecule has 0 bridgehead atoms. The molecule has 1 fully saturated rings. The molecule has 1 aliphatic carbocycles. The molecule has 1 saturated carbocycles. The molecule has 2 atom stereocenters. The molecule has 0 aromatic rings. The molecule has 1 rings (SSSR count). The second-order valence-corrected chi connectivity index (χ2v) is 1.81. The van der Waals surface area contributed by atoms with Crippen LogP contribution in [0.1, 0.15) is 12.8 Å². The Morgan fingerprint density at radius 2 is 1.86 bits per heavy atom. The van der Waals surface area contributed by atoms with Gasteiger partial charge in [0.2, 0.25) is 0 Å². The molecule has 1 aliphatic rings. The van der Waals surface area contributed by atoms with E-state index in [0.717, 1.165) is 12.8 Å². The zero-order valence-corrected chi connectivity index (χ0v) is 4.82. The van der Waals surface area contributed by atoms with Gasteiger partial charge in [-0.15, -0.1) is 12.4 Å². The normalized spacial score (nSPS) is 38.6. The summed E-state index contributed by atoms with van der Waals surface area (Å²) in [5.41, 5.74) is 5.27. The van der Waals surface area contributed by atoms with Crippen molar-refractivity contribution in [1.29, 1.82) is 0 Å². The van der Waals surface area contributed by atoms with Crippen molar-refractivity contribution in [2.75, 3.05) is 0 Å². The molecule has 0 unspecified atom stereocenters. The molecule has 0 aromatic carbocycles. The summed E-state index contributed by atoms with van der Waals surface area (Å²) in [6.07, 6.45) is 1.72. The van der Waals surface area contributed by atoms with Gasteiger partial charge in [-0.1, -0.05) is 0 Å². The Morgan fingerprint density at radius 1 is 1.43 bits per heavy atom. The van der Waals surface area contributed by atoms with Gasteiger partial charge in [0.15, 0.2) is 0 Å². The minimum Gasteiger partial charge on any atom is -0.392 e. The van der Waals surface area contributed by atoms with Crippen LogP contribution in [0.4, 0.5) is 0 Å². The van der Waals surface area contributed by atoms with Crippen molar-refractivity contribution in [2.24, 2.45) is 5.73 Å². The van der Waals surface area contributed by atoms with Gasteiger partial charge in [0.1, 0.15) is 0 Å². The topological polar surface area (TPSA) is 46.2 Å². The standard InChI is InChI=1S/C4H9NO.ClH/c5-3-1-2-4(3)6;/h3-4,6H,1-2,5H2;1H/t3-,4+;/m0./s1. The third kappa shape index (κ3) is 1.30. The molecule has 44 valence electrons. The van der Waals surface area contributed by atoms with Crippen molar-refractivity contribution in [3.05, 3.63) is 0 Å². The van der Waals surface area contributed by atoms with Gasteiger partial charge in [-0.3, -0.25) is 0 Å². The first-order chi connectivity index (χ1) is 2.80. The summed E-state index contributed by atoms with van der Waals surface area (Å²) in [4.78, 5) is 0. The van der Waals surface area contributed by atoms with Crippen LogP contribution in [0.5, 0.6) is 0 Å². The second kappa shape index (κ2) is 2.50. The Balaban J connectivity index is 0.000000360. The van der Waals surface area contributed by atoms with Crippen LogP contribution in [0.3, 0.4) is 0 Å². The van der Waals surface area contributed by atoms with Crippen LogP contribution in [0.15, 0.2) is 0 Å². The van der Waals surface area contributed by atoms with Crippen molar-refractivity contribution < 1.29 is 5.11 Å². The highest BCUT2D eigenvalue weighted by Crippen LogP contribution is 2.15. The molecular weight excluding hydrogens is 114 g/mol. The number of aliphatic hydroxyl groups is 1. The highest BCUT2D eigenvalue weighted by Gasteiger charge is 2.23. The summed E-state index contributed by atoms with van der Waals surface area (Å²) in [5, 5.41) is 8.59. The Kier molecular flexibility index (Phi) is 2.58. The quantitative estimate of drug-likeness (QED) is 0.472. The van der Waals surface area contributed by atoms with Crippen LogP contribution < -0.4 is 5.73 Å². The molecular formula is C4H10ClNO. The zero-order valence-electron chi connectivity index (χ0n) is 4.00. The van der Waals surface area contributed by atoms with E-state index in [1.165, 1.54) is 0 Å². The van der Waals surface area contributed by atoms with Crippen LogP contribution in [0, 0.1) is 0 Å². The molecule has 3 heteroatoms. The Bertz CT molecular complexity index is 51.7. The first kappa shape index (κ1) is 7.21. The lowest BCUT2D eigenvalue weighted by atomic mass is 9.90. The van der Waals surface area contributed by atoms with Crippen LogP contribution in [-0.4, -0.2) is 17.3 Å². The van der Waals surface area contributed by atoms with Gasteiger partial charge in [0.05, 0.1) is 6.10 Å². The molecule has 0 spiro atoms. The number of halogens is 1. The molecule has 0 radical (unpaired) electrons. The minimum absolute atomic E-state index is 0. The largest absolute Gasteiger partial charge is 0.392 e. The van der Waals surface area contributed by atoms with E-state index in [-0.39, 0.29) is 24.6 Å².